The molecule has 0 bridgehead atoms. The maximum absolute atomic E-state index is 11.1. The molecule has 0 saturated carbocycles. The number of methoxy groups -OCH3 is 1. The summed E-state index contributed by atoms with van der Waals surface area (Å²) < 4.78 is 5.28. The standard InChI is InChI=1S/C15H18N2O3S/c1-8(14-9(2)21-10(3)17-14)16-12-7-11(15(18)19)5-6-13(12)20-4/h5-8,16H,1-4H3,(H,18,19). The Kier molecular flexibility index (Phi) is 4.47. The van der Waals surface area contributed by atoms with Gasteiger partial charge in [0.15, 0.2) is 0 Å². The van der Waals surface area contributed by atoms with E-state index in [0.717, 1.165) is 15.6 Å². The third-order valence-electron chi connectivity index (χ3n) is 3.17. The van der Waals surface area contributed by atoms with E-state index in [1.807, 2.05) is 20.8 Å². The van der Waals surface area contributed by atoms with E-state index in [2.05, 4.69) is 10.3 Å². The molecule has 1 unspecified atom stereocenters. The van der Waals surface area contributed by atoms with Gasteiger partial charge in [-0.1, -0.05) is 0 Å². The summed E-state index contributed by atoms with van der Waals surface area (Å²) in [6.45, 7) is 6.00. The molecule has 0 spiro atoms. The lowest BCUT2D eigenvalue weighted by molar-refractivity contribution is 0.0697. The fraction of sp³-hybridized carbons (Fsp3) is 0.333. The highest BCUT2D eigenvalue weighted by Gasteiger charge is 2.16. The van der Waals surface area contributed by atoms with Gasteiger partial charge in [0.2, 0.25) is 0 Å². The van der Waals surface area contributed by atoms with E-state index in [4.69, 9.17) is 9.84 Å². The van der Waals surface area contributed by atoms with Crippen LogP contribution in [0.1, 0.15) is 38.9 Å². The first-order chi connectivity index (χ1) is 9.92. The SMILES string of the molecule is COc1ccc(C(=O)O)cc1NC(C)c1nc(C)sc1C. The smallest absolute Gasteiger partial charge is 0.335 e. The molecule has 0 amide bonds. The Bertz CT molecular complexity index is 667. The number of carbonyl (C=O) groups is 1. The van der Waals surface area contributed by atoms with Crippen LogP contribution in [-0.2, 0) is 0 Å². The molecule has 0 aliphatic heterocycles. The van der Waals surface area contributed by atoms with Gasteiger partial charge in [-0.05, 0) is 39.0 Å². The Morgan fingerprint density at radius 1 is 1.43 bits per heavy atom. The van der Waals surface area contributed by atoms with E-state index in [0.29, 0.717) is 11.4 Å². The monoisotopic (exact) mass is 306 g/mol. The van der Waals surface area contributed by atoms with Crippen molar-refractivity contribution in [1.82, 2.24) is 4.98 Å². The number of anilines is 1. The second-order valence-electron chi connectivity index (χ2n) is 4.76. The molecular formula is C15H18N2O3S. The Balaban J connectivity index is 2.31. The predicted molar refractivity (Wildman–Crippen MR) is 83.6 cm³/mol. The third-order valence-corrected chi connectivity index (χ3v) is 4.07. The molecule has 0 fully saturated rings. The van der Waals surface area contributed by atoms with Gasteiger partial charge in [0.25, 0.3) is 0 Å². The van der Waals surface area contributed by atoms with Crippen molar-refractivity contribution in [2.24, 2.45) is 0 Å². The number of carboxylic acids is 1. The fourth-order valence-electron chi connectivity index (χ4n) is 2.20. The summed E-state index contributed by atoms with van der Waals surface area (Å²) in [5.41, 5.74) is 1.84. The van der Waals surface area contributed by atoms with Crippen LogP contribution < -0.4 is 10.1 Å². The van der Waals surface area contributed by atoms with Crippen molar-refractivity contribution in [1.29, 1.82) is 0 Å². The number of nitrogens with one attached hydrogen (secondary N) is 1. The van der Waals surface area contributed by atoms with Crippen LogP contribution >= 0.6 is 11.3 Å². The average Bonchev–Trinajstić information content (AvgIpc) is 2.77. The number of hydrogen-bond donors (Lipinski definition) is 2. The number of hydrogen-bond acceptors (Lipinski definition) is 5. The molecule has 1 atom stereocenters. The van der Waals surface area contributed by atoms with E-state index in [1.165, 1.54) is 6.07 Å². The zero-order chi connectivity index (χ0) is 15.6. The van der Waals surface area contributed by atoms with Gasteiger partial charge in [0.1, 0.15) is 5.75 Å². The van der Waals surface area contributed by atoms with E-state index in [9.17, 15) is 4.79 Å². The van der Waals surface area contributed by atoms with Crippen LogP contribution in [0, 0.1) is 13.8 Å². The van der Waals surface area contributed by atoms with Crippen molar-refractivity contribution in [2.45, 2.75) is 26.8 Å². The Morgan fingerprint density at radius 3 is 2.67 bits per heavy atom. The minimum absolute atomic E-state index is 0.0344. The van der Waals surface area contributed by atoms with Crippen LogP contribution in [-0.4, -0.2) is 23.2 Å². The molecule has 2 N–H and O–H groups in total. The van der Waals surface area contributed by atoms with Gasteiger partial charge < -0.3 is 15.2 Å². The molecule has 2 aromatic rings. The topological polar surface area (TPSA) is 71.5 Å². The molecule has 6 heteroatoms. The van der Waals surface area contributed by atoms with Crippen LogP contribution in [0.4, 0.5) is 5.69 Å². The highest BCUT2D eigenvalue weighted by Crippen LogP contribution is 2.31. The number of benzene rings is 1. The number of thiazole rings is 1. The number of nitrogens with zero attached hydrogens (tertiary/aromatic N) is 1. The van der Waals surface area contributed by atoms with Gasteiger partial charge in [-0.2, -0.15) is 0 Å². The van der Waals surface area contributed by atoms with Crippen molar-refractivity contribution in [3.63, 3.8) is 0 Å². The van der Waals surface area contributed by atoms with E-state index in [-0.39, 0.29) is 11.6 Å². The third kappa shape index (κ3) is 3.33. The fourth-order valence-corrected chi connectivity index (χ4v) is 3.12. The summed E-state index contributed by atoms with van der Waals surface area (Å²) >= 11 is 1.65. The first-order valence-electron chi connectivity index (χ1n) is 6.54. The molecule has 0 aliphatic carbocycles. The van der Waals surface area contributed by atoms with Crippen molar-refractivity contribution in [3.8, 4) is 5.75 Å². The maximum atomic E-state index is 11.1. The number of aryl methyl sites for hydroxylation is 2. The summed E-state index contributed by atoms with van der Waals surface area (Å²) in [6, 6.07) is 4.71. The Labute approximate surface area is 127 Å². The van der Waals surface area contributed by atoms with E-state index >= 15 is 0 Å². The molecule has 112 valence electrons. The summed E-state index contributed by atoms with van der Waals surface area (Å²) in [7, 11) is 1.56. The number of aromatic carboxylic acids is 1. The first kappa shape index (κ1) is 15.3. The molecule has 0 radical (unpaired) electrons. The Morgan fingerprint density at radius 2 is 2.14 bits per heavy atom. The van der Waals surface area contributed by atoms with Gasteiger partial charge in [0.05, 0.1) is 35.1 Å². The molecule has 5 nitrogen and oxygen atoms in total. The first-order valence-corrected chi connectivity index (χ1v) is 7.35. The van der Waals surface area contributed by atoms with Crippen LogP contribution in [0.5, 0.6) is 5.75 Å². The minimum atomic E-state index is -0.964. The molecule has 1 aromatic carbocycles. The predicted octanol–water partition coefficient (Wildman–Crippen LogP) is 3.64. The Hall–Kier alpha value is -2.08. The summed E-state index contributed by atoms with van der Waals surface area (Å²) in [5.74, 6) is -0.356. The van der Waals surface area contributed by atoms with Crippen molar-refractivity contribution >= 4 is 23.0 Å². The molecule has 2 rings (SSSR count). The van der Waals surface area contributed by atoms with E-state index < -0.39 is 5.97 Å². The number of rotatable bonds is 5. The normalized spacial score (nSPS) is 12.0. The average molecular weight is 306 g/mol. The quantitative estimate of drug-likeness (QED) is 0.882. The van der Waals surface area contributed by atoms with Gasteiger partial charge in [0, 0.05) is 4.88 Å². The van der Waals surface area contributed by atoms with Crippen LogP contribution in [0.15, 0.2) is 18.2 Å². The highest BCUT2D eigenvalue weighted by atomic mass is 32.1. The van der Waals surface area contributed by atoms with Crippen LogP contribution in [0.25, 0.3) is 0 Å². The minimum Gasteiger partial charge on any atom is -0.495 e. The van der Waals surface area contributed by atoms with Crippen molar-refractivity contribution in [3.05, 3.63) is 39.3 Å². The zero-order valence-corrected chi connectivity index (χ0v) is 13.2. The second-order valence-corrected chi connectivity index (χ2v) is 6.17. The van der Waals surface area contributed by atoms with Gasteiger partial charge in [-0.15, -0.1) is 11.3 Å². The lowest BCUT2D eigenvalue weighted by Crippen LogP contribution is -2.10. The highest BCUT2D eigenvalue weighted by molar-refractivity contribution is 7.11. The molecule has 0 saturated heterocycles. The van der Waals surface area contributed by atoms with Gasteiger partial charge >= 0.3 is 5.97 Å². The summed E-state index contributed by atoms with van der Waals surface area (Å²) in [5, 5.41) is 13.4. The molecule has 1 heterocycles. The number of carboxylic acid groups (broad SMARTS) is 1. The molecule has 1 aromatic heterocycles. The van der Waals surface area contributed by atoms with Crippen LogP contribution in [0.2, 0.25) is 0 Å². The van der Waals surface area contributed by atoms with E-state index in [1.54, 1.807) is 30.6 Å². The molecule has 21 heavy (non-hydrogen) atoms. The second kappa shape index (κ2) is 6.13. The van der Waals surface area contributed by atoms with Gasteiger partial charge in [-0.3, -0.25) is 0 Å². The largest absolute Gasteiger partial charge is 0.495 e. The van der Waals surface area contributed by atoms with Gasteiger partial charge in [-0.25, -0.2) is 9.78 Å². The van der Waals surface area contributed by atoms with Crippen molar-refractivity contribution < 1.29 is 14.6 Å². The summed E-state index contributed by atoms with van der Waals surface area (Å²) in [6.07, 6.45) is 0. The summed E-state index contributed by atoms with van der Waals surface area (Å²) in [4.78, 5) is 16.8. The molecule has 0 aliphatic rings. The van der Waals surface area contributed by atoms with Crippen molar-refractivity contribution in [2.75, 3.05) is 12.4 Å². The van der Waals surface area contributed by atoms with Crippen LogP contribution in [0.3, 0.4) is 0 Å². The maximum Gasteiger partial charge on any atom is 0.335 e. The zero-order valence-electron chi connectivity index (χ0n) is 12.4. The number of ether oxygens (including phenoxy) is 1. The molecular weight excluding hydrogens is 288 g/mol. The number of aromatic nitrogens is 1. The lowest BCUT2D eigenvalue weighted by Gasteiger charge is -2.17. The lowest BCUT2D eigenvalue weighted by atomic mass is 10.1.